The van der Waals surface area contributed by atoms with E-state index in [1.807, 2.05) is 0 Å². The normalized spacial score (nSPS) is 14.2. The summed E-state index contributed by atoms with van der Waals surface area (Å²) in [5.74, 6) is 0.421. The number of hydrogen-bond acceptors (Lipinski definition) is 3. The van der Waals surface area contributed by atoms with Crippen LogP contribution in [0.15, 0.2) is 0 Å². The molecule has 1 atom stereocenters. The predicted molar refractivity (Wildman–Crippen MR) is 59.1 cm³/mol. The SMILES string of the molecule is CCCCC(O)CCCS(=O)(=O)CC. The third-order valence-corrected chi connectivity index (χ3v) is 4.11. The van der Waals surface area contributed by atoms with Crippen LogP contribution in [0.2, 0.25) is 0 Å². The molecule has 0 aliphatic rings. The molecular formula is C10H22O3S. The van der Waals surface area contributed by atoms with Crippen LogP contribution in [0.4, 0.5) is 0 Å². The summed E-state index contributed by atoms with van der Waals surface area (Å²) in [5, 5.41) is 9.46. The van der Waals surface area contributed by atoms with E-state index in [0.29, 0.717) is 12.8 Å². The van der Waals surface area contributed by atoms with E-state index < -0.39 is 9.84 Å². The minimum atomic E-state index is -2.85. The molecule has 14 heavy (non-hydrogen) atoms. The maximum absolute atomic E-state index is 11.1. The first-order valence-electron chi connectivity index (χ1n) is 5.40. The number of hydrogen-bond donors (Lipinski definition) is 1. The van der Waals surface area contributed by atoms with Crippen LogP contribution in [0, 0.1) is 0 Å². The number of aliphatic hydroxyl groups excluding tert-OH is 1. The van der Waals surface area contributed by atoms with E-state index in [1.165, 1.54) is 0 Å². The van der Waals surface area contributed by atoms with Gasteiger partial charge in [0.15, 0.2) is 0 Å². The molecule has 0 heterocycles. The Morgan fingerprint density at radius 1 is 1.14 bits per heavy atom. The summed E-state index contributed by atoms with van der Waals surface area (Å²) in [5.41, 5.74) is 0. The lowest BCUT2D eigenvalue weighted by atomic mass is 10.1. The summed E-state index contributed by atoms with van der Waals surface area (Å²) in [6, 6.07) is 0. The lowest BCUT2D eigenvalue weighted by Gasteiger charge is -2.09. The molecule has 0 spiro atoms. The maximum atomic E-state index is 11.1. The second kappa shape index (κ2) is 7.23. The topological polar surface area (TPSA) is 54.4 Å². The van der Waals surface area contributed by atoms with E-state index >= 15 is 0 Å². The van der Waals surface area contributed by atoms with Crippen molar-refractivity contribution in [1.82, 2.24) is 0 Å². The molecule has 0 aromatic rings. The highest BCUT2D eigenvalue weighted by atomic mass is 32.2. The van der Waals surface area contributed by atoms with Gasteiger partial charge < -0.3 is 5.11 Å². The van der Waals surface area contributed by atoms with Crippen LogP contribution in [0.3, 0.4) is 0 Å². The van der Waals surface area contributed by atoms with E-state index in [1.54, 1.807) is 6.92 Å². The van der Waals surface area contributed by atoms with Crippen LogP contribution in [0.5, 0.6) is 0 Å². The summed E-state index contributed by atoms with van der Waals surface area (Å²) >= 11 is 0. The van der Waals surface area contributed by atoms with E-state index in [2.05, 4.69) is 6.92 Å². The van der Waals surface area contributed by atoms with Crippen molar-refractivity contribution in [1.29, 1.82) is 0 Å². The minimum absolute atomic E-state index is 0.206. The Labute approximate surface area is 87.4 Å². The van der Waals surface area contributed by atoms with E-state index in [-0.39, 0.29) is 17.6 Å². The Morgan fingerprint density at radius 3 is 2.21 bits per heavy atom. The third-order valence-electron chi connectivity index (χ3n) is 2.32. The van der Waals surface area contributed by atoms with Crippen LogP contribution < -0.4 is 0 Å². The monoisotopic (exact) mass is 222 g/mol. The smallest absolute Gasteiger partial charge is 0.150 e. The molecule has 1 unspecified atom stereocenters. The molecule has 0 saturated carbocycles. The number of sulfone groups is 1. The highest BCUT2D eigenvalue weighted by molar-refractivity contribution is 7.91. The van der Waals surface area contributed by atoms with Crippen molar-refractivity contribution in [2.45, 2.75) is 52.1 Å². The van der Waals surface area contributed by atoms with E-state index in [9.17, 15) is 13.5 Å². The quantitative estimate of drug-likeness (QED) is 0.680. The Hall–Kier alpha value is -0.0900. The second-order valence-electron chi connectivity index (χ2n) is 3.67. The molecule has 0 fully saturated rings. The van der Waals surface area contributed by atoms with Crippen molar-refractivity contribution < 1.29 is 13.5 Å². The largest absolute Gasteiger partial charge is 0.393 e. The number of aliphatic hydroxyl groups is 1. The molecule has 0 rings (SSSR count). The van der Waals surface area contributed by atoms with Gasteiger partial charge in [-0.1, -0.05) is 26.7 Å². The molecule has 0 aliphatic carbocycles. The summed E-state index contributed by atoms with van der Waals surface area (Å²) in [4.78, 5) is 0. The lowest BCUT2D eigenvalue weighted by molar-refractivity contribution is 0.151. The fraction of sp³-hybridized carbons (Fsp3) is 1.00. The van der Waals surface area contributed by atoms with Gasteiger partial charge in [-0.2, -0.15) is 0 Å². The first kappa shape index (κ1) is 13.9. The van der Waals surface area contributed by atoms with Crippen molar-refractivity contribution in [2.24, 2.45) is 0 Å². The summed E-state index contributed by atoms with van der Waals surface area (Å²) in [7, 11) is -2.85. The van der Waals surface area contributed by atoms with Crippen LogP contribution >= 0.6 is 0 Å². The highest BCUT2D eigenvalue weighted by Crippen LogP contribution is 2.07. The van der Waals surface area contributed by atoms with Gasteiger partial charge >= 0.3 is 0 Å². The fourth-order valence-corrected chi connectivity index (χ4v) is 2.16. The third kappa shape index (κ3) is 7.33. The molecule has 0 radical (unpaired) electrons. The Bertz CT molecular complexity index is 222. The van der Waals surface area contributed by atoms with Gasteiger partial charge in [-0.05, 0) is 19.3 Å². The van der Waals surface area contributed by atoms with Crippen molar-refractivity contribution >= 4 is 9.84 Å². The predicted octanol–water partition coefficient (Wildman–Crippen LogP) is 1.75. The van der Waals surface area contributed by atoms with Crippen LogP contribution in [0.25, 0.3) is 0 Å². The zero-order valence-electron chi connectivity index (χ0n) is 9.20. The number of rotatable bonds is 8. The van der Waals surface area contributed by atoms with Crippen molar-refractivity contribution in [3.63, 3.8) is 0 Å². The van der Waals surface area contributed by atoms with Gasteiger partial charge in [-0.15, -0.1) is 0 Å². The molecule has 86 valence electrons. The zero-order valence-corrected chi connectivity index (χ0v) is 10.0. The average Bonchev–Trinajstić information content (AvgIpc) is 2.14. The average molecular weight is 222 g/mol. The van der Waals surface area contributed by atoms with Crippen molar-refractivity contribution in [3.8, 4) is 0 Å². The molecule has 0 aromatic heterocycles. The van der Waals surface area contributed by atoms with Gasteiger partial charge in [-0.25, -0.2) is 8.42 Å². The van der Waals surface area contributed by atoms with Crippen LogP contribution in [-0.4, -0.2) is 31.1 Å². The lowest BCUT2D eigenvalue weighted by Crippen LogP contribution is -2.12. The highest BCUT2D eigenvalue weighted by Gasteiger charge is 2.09. The van der Waals surface area contributed by atoms with Crippen LogP contribution in [-0.2, 0) is 9.84 Å². The van der Waals surface area contributed by atoms with Gasteiger partial charge in [0, 0.05) is 5.75 Å². The molecule has 0 saturated heterocycles. The van der Waals surface area contributed by atoms with E-state index in [4.69, 9.17) is 0 Å². The van der Waals surface area contributed by atoms with Gasteiger partial charge in [0.05, 0.1) is 11.9 Å². The maximum Gasteiger partial charge on any atom is 0.150 e. The Kier molecular flexibility index (Phi) is 7.19. The molecule has 0 aliphatic heterocycles. The fourth-order valence-electron chi connectivity index (χ4n) is 1.27. The second-order valence-corrected chi connectivity index (χ2v) is 6.15. The minimum Gasteiger partial charge on any atom is -0.393 e. The molecule has 0 bridgehead atoms. The Morgan fingerprint density at radius 2 is 1.71 bits per heavy atom. The standard InChI is InChI=1S/C10H22O3S/c1-3-5-7-10(11)8-6-9-14(12,13)4-2/h10-11H,3-9H2,1-2H3. The van der Waals surface area contributed by atoms with Crippen molar-refractivity contribution in [2.75, 3.05) is 11.5 Å². The first-order valence-corrected chi connectivity index (χ1v) is 7.22. The number of unbranched alkanes of at least 4 members (excludes halogenated alkanes) is 1. The first-order chi connectivity index (χ1) is 6.52. The Balaban J connectivity index is 3.54. The molecule has 1 N–H and O–H groups in total. The van der Waals surface area contributed by atoms with Gasteiger partial charge in [0.2, 0.25) is 0 Å². The van der Waals surface area contributed by atoms with Gasteiger partial charge in [0.25, 0.3) is 0 Å². The zero-order chi connectivity index (χ0) is 11.0. The summed E-state index contributed by atoms with van der Waals surface area (Å²) in [6.07, 6.45) is 3.76. The molecule has 3 nitrogen and oxygen atoms in total. The molecule has 4 heteroatoms. The van der Waals surface area contributed by atoms with Crippen LogP contribution in [0.1, 0.15) is 46.0 Å². The van der Waals surface area contributed by atoms with Crippen molar-refractivity contribution in [3.05, 3.63) is 0 Å². The van der Waals surface area contributed by atoms with E-state index in [0.717, 1.165) is 19.3 Å². The molecule has 0 amide bonds. The summed E-state index contributed by atoms with van der Waals surface area (Å²) < 4.78 is 22.2. The van der Waals surface area contributed by atoms with Gasteiger partial charge in [-0.3, -0.25) is 0 Å². The van der Waals surface area contributed by atoms with Gasteiger partial charge in [0.1, 0.15) is 9.84 Å². The summed E-state index contributed by atoms with van der Waals surface area (Å²) in [6.45, 7) is 3.73. The molecule has 0 aromatic carbocycles. The molecular weight excluding hydrogens is 200 g/mol.